The molecular weight excluding hydrogens is 310 g/mol. The molecular formula is C17H17N3O4. The number of anilines is 1. The van der Waals surface area contributed by atoms with Crippen molar-refractivity contribution in [2.45, 2.75) is 6.42 Å². The number of nitrogens with one attached hydrogen (secondary N) is 1. The predicted molar refractivity (Wildman–Crippen MR) is 89.9 cm³/mol. The van der Waals surface area contributed by atoms with E-state index in [-0.39, 0.29) is 23.9 Å². The van der Waals surface area contributed by atoms with Crippen molar-refractivity contribution in [3.63, 3.8) is 0 Å². The third-order valence-corrected chi connectivity index (χ3v) is 3.33. The van der Waals surface area contributed by atoms with Crippen LogP contribution in [0.2, 0.25) is 0 Å². The van der Waals surface area contributed by atoms with Crippen molar-refractivity contribution < 1.29 is 14.5 Å². The molecule has 24 heavy (non-hydrogen) atoms. The second kappa shape index (κ2) is 7.36. The van der Waals surface area contributed by atoms with Crippen LogP contribution in [-0.4, -0.2) is 35.7 Å². The standard InChI is InChI=1S/C17H17N3O4/c1-19(2)17(22)13-5-7-14(8-6-13)18-16(21)11-12-3-9-15(10-4-12)20(23)24/h3-10H,11H2,1-2H3,(H,18,21). The Hall–Kier alpha value is -3.22. The van der Waals surface area contributed by atoms with E-state index in [2.05, 4.69) is 5.32 Å². The van der Waals surface area contributed by atoms with Gasteiger partial charge in [-0.3, -0.25) is 19.7 Å². The van der Waals surface area contributed by atoms with Gasteiger partial charge in [0.1, 0.15) is 0 Å². The Morgan fingerprint density at radius 1 is 1.04 bits per heavy atom. The molecule has 124 valence electrons. The maximum atomic E-state index is 12.0. The van der Waals surface area contributed by atoms with Crippen LogP contribution in [-0.2, 0) is 11.2 Å². The third-order valence-electron chi connectivity index (χ3n) is 3.33. The molecule has 0 aliphatic carbocycles. The SMILES string of the molecule is CN(C)C(=O)c1ccc(NC(=O)Cc2ccc([N+](=O)[O-])cc2)cc1. The van der Waals surface area contributed by atoms with Crippen LogP contribution in [0.3, 0.4) is 0 Å². The summed E-state index contributed by atoms with van der Waals surface area (Å²) in [6, 6.07) is 12.4. The lowest BCUT2D eigenvalue weighted by Gasteiger charge is -2.11. The summed E-state index contributed by atoms with van der Waals surface area (Å²) in [7, 11) is 3.34. The fourth-order valence-corrected chi connectivity index (χ4v) is 2.08. The van der Waals surface area contributed by atoms with E-state index in [0.29, 0.717) is 16.8 Å². The summed E-state index contributed by atoms with van der Waals surface area (Å²) in [6.45, 7) is 0. The number of carbonyl (C=O) groups excluding carboxylic acids is 2. The van der Waals surface area contributed by atoms with E-state index in [1.165, 1.54) is 17.0 Å². The molecule has 0 unspecified atom stereocenters. The first-order valence-electron chi connectivity index (χ1n) is 7.21. The number of benzene rings is 2. The Balaban J connectivity index is 1.97. The van der Waals surface area contributed by atoms with Gasteiger partial charge in [0.15, 0.2) is 0 Å². The fourth-order valence-electron chi connectivity index (χ4n) is 2.08. The van der Waals surface area contributed by atoms with Gasteiger partial charge in [0.25, 0.3) is 11.6 Å². The lowest BCUT2D eigenvalue weighted by molar-refractivity contribution is -0.384. The fraction of sp³-hybridized carbons (Fsp3) is 0.176. The number of nitro groups is 1. The molecule has 0 fully saturated rings. The smallest absolute Gasteiger partial charge is 0.269 e. The molecule has 0 radical (unpaired) electrons. The maximum absolute atomic E-state index is 12.0. The molecule has 0 heterocycles. The number of nitrogens with zero attached hydrogens (tertiary/aromatic N) is 2. The second-order valence-corrected chi connectivity index (χ2v) is 5.43. The van der Waals surface area contributed by atoms with Crippen LogP contribution in [0.5, 0.6) is 0 Å². The highest BCUT2D eigenvalue weighted by atomic mass is 16.6. The Bertz CT molecular complexity index is 752. The molecule has 2 aromatic carbocycles. The number of hydrogen-bond acceptors (Lipinski definition) is 4. The average Bonchev–Trinajstić information content (AvgIpc) is 2.55. The van der Waals surface area contributed by atoms with E-state index >= 15 is 0 Å². The van der Waals surface area contributed by atoms with Gasteiger partial charge in [-0.25, -0.2) is 0 Å². The van der Waals surface area contributed by atoms with Crippen LogP contribution in [0.15, 0.2) is 48.5 Å². The van der Waals surface area contributed by atoms with Gasteiger partial charge in [0.05, 0.1) is 11.3 Å². The summed E-state index contributed by atoms with van der Waals surface area (Å²) in [5.41, 5.74) is 1.78. The van der Waals surface area contributed by atoms with Crippen molar-refractivity contribution in [2.24, 2.45) is 0 Å². The highest BCUT2D eigenvalue weighted by Crippen LogP contribution is 2.14. The van der Waals surface area contributed by atoms with Crippen LogP contribution >= 0.6 is 0 Å². The molecule has 0 spiro atoms. The molecule has 0 bridgehead atoms. The van der Waals surface area contributed by atoms with Gasteiger partial charge in [0.2, 0.25) is 5.91 Å². The second-order valence-electron chi connectivity index (χ2n) is 5.43. The minimum atomic E-state index is -0.486. The normalized spacial score (nSPS) is 10.1. The Labute approximate surface area is 139 Å². The molecule has 7 nitrogen and oxygen atoms in total. The first-order valence-corrected chi connectivity index (χ1v) is 7.21. The molecule has 0 aliphatic heterocycles. The van der Waals surface area contributed by atoms with E-state index in [9.17, 15) is 19.7 Å². The Kier molecular flexibility index (Phi) is 5.26. The maximum Gasteiger partial charge on any atom is 0.269 e. The average molecular weight is 327 g/mol. The Morgan fingerprint density at radius 2 is 1.62 bits per heavy atom. The van der Waals surface area contributed by atoms with Crippen LogP contribution in [0.4, 0.5) is 11.4 Å². The molecule has 0 aromatic heterocycles. The van der Waals surface area contributed by atoms with Gasteiger partial charge in [-0.15, -0.1) is 0 Å². The third kappa shape index (κ3) is 4.39. The predicted octanol–water partition coefficient (Wildman–Crippen LogP) is 2.48. The summed E-state index contributed by atoms with van der Waals surface area (Å²) in [5, 5.41) is 13.3. The monoisotopic (exact) mass is 327 g/mol. The molecule has 0 atom stereocenters. The zero-order valence-electron chi connectivity index (χ0n) is 13.4. The number of nitro benzene ring substituents is 1. The van der Waals surface area contributed by atoms with E-state index in [1.54, 1.807) is 50.5 Å². The van der Waals surface area contributed by atoms with Gasteiger partial charge < -0.3 is 10.2 Å². The van der Waals surface area contributed by atoms with Gasteiger partial charge in [0, 0.05) is 37.5 Å². The summed E-state index contributed by atoms with van der Waals surface area (Å²) >= 11 is 0. The van der Waals surface area contributed by atoms with Crippen LogP contribution in [0.1, 0.15) is 15.9 Å². The summed E-state index contributed by atoms with van der Waals surface area (Å²) in [5.74, 6) is -0.353. The highest BCUT2D eigenvalue weighted by molar-refractivity contribution is 5.96. The highest BCUT2D eigenvalue weighted by Gasteiger charge is 2.10. The Morgan fingerprint density at radius 3 is 2.12 bits per heavy atom. The number of non-ortho nitro benzene ring substituents is 1. The lowest BCUT2D eigenvalue weighted by atomic mass is 10.1. The van der Waals surface area contributed by atoms with E-state index < -0.39 is 4.92 Å². The van der Waals surface area contributed by atoms with Crippen molar-refractivity contribution >= 4 is 23.2 Å². The van der Waals surface area contributed by atoms with Gasteiger partial charge in [-0.05, 0) is 29.8 Å². The molecule has 0 saturated carbocycles. The molecule has 7 heteroatoms. The van der Waals surface area contributed by atoms with Gasteiger partial charge in [-0.1, -0.05) is 12.1 Å². The number of rotatable bonds is 5. The van der Waals surface area contributed by atoms with Crippen molar-refractivity contribution in [2.75, 3.05) is 19.4 Å². The van der Waals surface area contributed by atoms with Crippen LogP contribution in [0.25, 0.3) is 0 Å². The van der Waals surface area contributed by atoms with Crippen LogP contribution in [0, 0.1) is 10.1 Å². The summed E-state index contributed by atoms with van der Waals surface area (Å²) < 4.78 is 0. The first kappa shape index (κ1) is 17.1. The summed E-state index contributed by atoms with van der Waals surface area (Å²) in [4.78, 5) is 35.4. The van der Waals surface area contributed by atoms with Crippen molar-refractivity contribution in [3.8, 4) is 0 Å². The molecule has 2 aromatic rings. The minimum absolute atomic E-state index is 0.0136. The van der Waals surface area contributed by atoms with E-state index in [1.807, 2.05) is 0 Å². The summed E-state index contributed by atoms with van der Waals surface area (Å²) in [6.07, 6.45) is 0.108. The minimum Gasteiger partial charge on any atom is -0.345 e. The molecule has 2 amide bonds. The number of amides is 2. The van der Waals surface area contributed by atoms with Crippen molar-refractivity contribution in [1.29, 1.82) is 0 Å². The zero-order valence-corrected chi connectivity index (χ0v) is 13.4. The number of hydrogen-bond donors (Lipinski definition) is 1. The molecule has 1 N–H and O–H groups in total. The van der Waals surface area contributed by atoms with Crippen molar-refractivity contribution in [1.82, 2.24) is 4.90 Å². The molecule has 0 aliphatic rings. The number of carbonyl (C=O) groups is 2. The van der Waals surface area contributed by atoms with Crippen molar-refractivity contribution in [3.05, 3.63) is 69.8 Å². The molecule has 0 saturated heterocycles. The van der Waals surface area contributed by atoms with E-state index in [4.69, 9.17) is 0 Å². The van der Waals surface area contributed by atoms with Gasteiger partial charge in [-0.2, -0.15) is 0 Å². The first-order chi connectivity index (χ1) is 11.4. The van der Waals surface area contributed by atoms with E-state index in [0.717, 1.165) is 0 Å². The largest absolute Gasteiger partial charge is 0.345 e. The topological polar surface area (TPSA) is 92.6 Å². The zero-order chi connectivity index (χ0) is 17.7. The van der Waals surface area contributed by atoms with Gasteiger partial charge >= 0.3 is 0 Å². The van der Waals surface area contributed by atoms with Crippen LogP contribution < -0.4 is 5.32 Å². The quantitative estimate of drug-likeness (QED) is 0.674. The lowest BCUT2D eigenvalue weighted by Crippen LogP contribution is -2.21. The molecule has 2 rings (SSSR count).